The number of methoxy groups -OCH3 is 1. The van der Waals surface area contributed by atoms with Gasteiger partial charge in [-0.1, -0.05) is 35.3 Å². The molecule has 1 aliphatic heterocycles. The van der Waals surface area contributed by atoms with Crippen LogP contribution in [0.5, 0.6) is 5.75 Å². The van der Waals surface area contributed by atoms with Crippen molar-refractivity contribution in [1.29, 1.82) is 0 Å². The maximum atomic E-state index is 13.6. The second-order valence-electron chi connectivity index (χ2n) is 6.59. The molecule has 1 heterocycles. The van der Waals surface area contributed by atoms with Crippen LogP contribution in [-0.2, 0) is 16.4 Å². The molecule has 1 fully saturated rings. The highest BCUT2D eigenvalue weighted by Gasteiger charge is 2.35. The van der Waals surface area contributed by atoms with E-state index in [0.29, 0.717) is 12.0 Å². The number of benzene rings is 2. The number of rotatable bonds is 5. The van der Waals surface area contributed by atoms with Gasteiger partial charge < -0.3 is 9.64 Å². The van der Waals surface area contributed by atoms with Crippen LogP contribution in [-0.4, -0.2) is 43.9 Å². The van der Waals surface area contributed by atoms with Crippen LogP contribution in [0, 0.1) is 5.82 Å². The molecule has 1 aliphatic rings. The lowest BCUT2D eigenvalue weighted by molar-refractivity contribution is 0.0680. The lowest BCUT2D eigenvalue weighted by atomic mass is 10.1. The van der Waals surface area contributed by atoms with Crippen LogP contribution in [0.15, 0.2) is 36.4 Å². The third kappa shape index (κ3) is 4.59. The number of sulfone groups is 1. The van der Waals surface area contributed by atoms with E-state index in [1.54, 1.807) is 12.1 Å². The van der Waals surface area contributed by atoms with Gasteiger partial charge >= 0.3 is 0 Å². The number of nitrogens with zero attached hydrogens (tertiary/aromatic N) is 1. The summed E-state index contributed by atoms with van der Waals surface area (Å²) >= 11 is 12.3. The van der Waals surface area contributed by atoms with Crippen molar-refractivity contribution >= 4 is 38.9 Å². The van der Waals surface area contributed by atoms with Gasteiger partial charge in [0.15, 0.2) is 15.6 Å². The number of ether oxygens (including phenoxy) is 1. The predicted molar refractivity (Wildman–Crippen MR) is 106 cm³/mol. The fourth-order valence-corrected chi connectivity index (χ4v) is 5.64. The third-order valence-electron chi connectivity index (χ3n) is 4.60. The SMILES string of the molecule is COc1c(Cl)cc(C(=O)N(Cc2cccc(F)c2)[C@H]2CCS(=O)(=O)C2)cc1Cl. The minimum absolute atomic E-state index is 0.00865. The summed E-state index contributed by atoms with van der Waals surface area (Å²) in [6.45, 7) is 0.0675. The molecule has 0 aromatic heterocycles. The molecule has 0 radical (unpaired) electrons. The van der Waals surface area contributed by atoms with Crippen molar-refractivity contribution in [1.82, 2.24) is 4.90 Å². The molecule has 0 aliphatic carbocycles. The third-order valence-corrected chi connectivity index (χ3v) is 6.91. The molecule has 9 heteroatoms. The highest BCUT2D eigenvalue weighted by molar-refractivity contribution is 7.91. The molecule has 150 valence electrons. The average Bonchev–Trinajstić information content (AvgIpc) is 2.98. The average molecular weight is 446 g/mol. The Morgan fingerprint density at radius 1 is 1.25 bits per heavy atom. The van der Waals surface area contributed by atoms with E-state index >= 15 is 0 Å². The number of carbonyl (C=O) groups excluding carboxylic acids is 1. The minimum atomic E-state index is -3.22. The topological polar surface area (TPSA) is 63.7 Å². The Morgan fingerprint density at radius 3 is 2.46 bits per heavy atom. The van der Waals surface area contributed by atoms with Crippen molar-refractivity contribution in [2.24, 2.45) is 0 Å². The summed E-state index contributed by atoms with van der Waals surface area (Å²) in [5, 5.41) is 0.339. The quantitative estimate of drug-likeness (QED) is 0.698. The van der Waals surface area contributed by atoms with Crippen LogP contribution in [0.2, 0.25) is 10.0 Å². The van der Waals surface area contributed by atoms with E-state index in [4.69, 9.17) is 27.9 Å². The summed E-state index contributed by atoms with van der Waals surface area (Å²) in [5.41, 5.74) is 0.764. The standard InChI is InChI=1S/C19H18Cl2FNO4S/c1-27-18-16(20)8-13(9-17(18)21)19(24)23(15-5-6-28(25,26)11-15)10-12-3-2-4-14(22)7-12/h2-4,7-9,15H,5-6,10-11H2,1H3/t15-/m0/s1. The molecule has 2 aromatic rings. The molecule has 5 nitrogen and oxygen atoms in total. The molecular weight excluding hydrogens is 428 g/mol. The molecule has 28 heavy (non-hydrogen) atoms. The smallest absolute Gasteiger partial charge is 0.254 e. The van der Waals surface area contributed by atoms with Gasteiger partial charge in [0.05, 0.1) is 28.7 Å². The van der Waals surface area contributed by atoms with Gasteiger partial charge in [-0.25, -0.2) is 12.8 Å². The van der Waals surface area contributed by atoms with Crippen LogP contribution in [0.4, 0.5) is 4.39 Å². The summed E-state index contributed by atoms with van der Waals surface area (Å²) in [6, 6.07) is 8.19. The molecular formula is C19H18Cl2FNO4S. The summed E-state index contributed by atoms with van der Waals surface area (Å²) in [5.74, 6) is -0.738. The van der Waals surface area contributed by atoms with E-state index in [0.717, 1.165) is 0 Å². The van der Waals surface area contributed by atoms with Crippen LogP contribution in [0.3, 0.4) is 0 Å². The van der Waals surface area contributed by atoms with Gasteiger partial charge in [0.25, 0.3) is 5.91 Å². The van der Waals surface area contributed by atoms with Gasteiger partial charge in [0, 0.05) is 18.2 Å². The number of hydrogen-bond donors (Lipinski definition) is 0. The fourth-order valence-electron chi connectivity index (χ4n) is 3.26. The van der Waals surface area contributed by atoms with Crippen molar-refractivity contribution in [3.8, 4) is 5.75 Å². The van der Waals surface area contributed by atoms with Gasteiger partial charge in [0.2, 0.25) is 0 Å². The number of carbonyl (C=O) groups is 1. The summed E-state index contributed by atoms with van der Waals surface area (Å²) in [7, 11) is -1.81. The Kier molecular flexibility index (Phi) is 6.17. The van der Waals surface area contributed by atoms with Crippen LogP contribution >= 0.6 is 23.2 Å². The molecule has 2 aromatic carbocycles. The molecule has 3 rings (SSSR count). The fraction of sp³-hybridized carbons (Fsp3) is 0.316. The Hall–Kier alpha value is -1.83. The Morgan fingerprint density at radius 2 is 1.93 bits per heavy atom. The van der Waals surface area contributed by atoms with Crippen molar-refractivity contribution in [3.05, 3.63) is 63.4 Å². The highest BCUT2D eigenvalue weighted by atomic mass is 35.5. The Bertz CT molecular complexity index is 990. The van der Waals surface area contributed by atoms with Gasteiger partial charge in [-0.05, 0) is 36.2 Å². The van der Waals surface area contributed by atoms with E-state index in [1.807, 2.05) is 0 Å². The molecule has 1 amide bonds. The van der Waals surface area contributed by atoms with E-state index in [-0.39, 0.29) is 39.4 Å². The van der Waals surface area contributed by atoms with Gasteiger partial charge in [-0.3, -0.25) is 4.79 Å². The zero-order valence-corrected chi connectivity index (χ0v) is 17.3. The molecule has 0 bridgehead atoms. The van der Waals surface area contributed by atoms with Gasteiger partial charge in [0.1, 0.15) is 5.82 Å². The second kappa shape index (κ2) is 8.27. The number of halogens is 3. The van der Waals surface area contributed by atoms with Crippen LogP contribution in [0.25, 0.3) is 0 Å². The van der Waals surface area contributed by atoms with Gasteiger partial charge in [-0.2, -0.15) is 0 Å². The lowest BCUT2D eigenvalue weighted by Gasteiger charge is -2.29. The monoisotopic (exact) mass is 445 g/mol. The van der Waals surface area contributed by atoms with Crippen molar-refractivity contribution < 1.29 is 22.3 Å². The van der Waals surface area contributed by atoms with E-state index < -0.39 is 27.6 Å². The molecule has 0 spiro atoms. The normalized spacial score (nSPS) is 18.1. The highest BCUT2D eigenvalue weighted by Crippen LogP contribution is 2.35. The van der Waals surface area contributed by atoms with Crippen LogP contribution < -0.4 is 4.74 Å². The van der Waals surface area contributed by atoms with E-state index in [9.17, 15) is 17.6 Å². The predicted octanol–water partition coefficient (Wildman–Crippen LogP) is 3.97. The Labute approximate surface area is 172 Å². The number of hydrogen-bond acceptors (Lipinski definition) is 4. The molecule has 0 unspecified atom stereocenters. The van der Waals surface area contributed by atoms with Crippen molar-refractivity contribution in [3.63, 3.8) is 0 Å². The zero-order chi connectivity index (χ0) is 20.5. The van der Waals surface area contributed by atoms with Crippen molar-refractivity contribution in [2.75, 3.05) is 18.6 Å². The number of amides is 1. The van der Waals surface area contributed by atoms with Crippen molar-refractivity contribution in [2.45, 2.75) is 19.0 Å². The van der Waals surface area contributed by atoms with Crippen LogP contribution in [0.1, 0.15) is 22.3 Å². The first kappa shape index (κ1) is 20.9. The minimum Gasteiger partial charge on any atom is -0.494 e. The van der Waals surface area contributed by atoms with E-state index in [1.165, 1.54) is 36.3 Å². The molecule has 1 atom stereocenters. The maximum Gasteiger partial charge on any atom is 0.254 e. The largest absolute Gasteiger partial charge is 0.494 e. The summed E-state index contributed by atoms with van der Waals surface area (Å²) in [6.07, 6.45) is 0.320. The summed E-state index contributed by atoms with van der Waals surface area (Å²) < 4.78 is 42.6. The first-order chi connectivity index (χ1) is 13.2. The van der Waals surface area contributed by atoms with Gasteiger partial charge in [-0.15, -0.1) is 0 Å². The first-order valence-electron chi connectivity index (χ1n) is 8.49. The zero-order valence-electron chi connectivity index (χ0n) is 15.0. The first-order valence-corrected chi connectivity index (χ1v) is 11.1. The lowest BCUT2D eigenvalue weighted by Crippen LogP contribution is -2.40. The Balaban J connectivity index is 1.97. The second-order valence-corrected chi connectivity index (χ2v) is 9.64. The summed E-state index contributed by atoms with van der Waals surface area (Å²) in [4.78, 5) is 14.7. The maximum absolute atomic E-state index is 13.6. The van der Waals surface area contributed by atoms with E-state index in [2.05, 4.69) is 0 Å². The molecule has 1 saturated heterocycles. The molecule has 0 saturated carbocycles. The molecule has 0 N–H and O–H groups in total.